The molecule has 2 nitrogen and oxygen atoms in total. The van der Waals surface area contributed by atoms with Crippen LogP contribution in [0.4, 0.5) is 14.5 Å². The summed E-state index contributed by atoms with van der Waals surface area (Å²) < 4.78 is 27.2. The number of halogens is 2. The van der Waals surface area contributed by atoms with Crippen molar-refractivity contribution in [2.45, 2.75) is 25.7 Å². The molecule has 0 aliphatic heterocycles. The minimum atomic E-state index is -1.06. The van der Waals surface area contributed by atoms with Crippen molar-refractivity contribution in [2.75, 3.05) is 11.9 Å². The van der Waals surface area contributed by atoms with Crippen molar-refractivity contribution >= 4 is 5.69 Å². The van der Waals surface area contributed by atoms with Gasteiger partial charge in [-0.05, 0) is 49.1 Å². The molecule has 0 amide bonds. The van der Waals surface area contributed by atoms with Gasteiger partial charge < -0.3 is 5.32 Å². The molecule has 0 aromatic heterocycles. The first-order valence-corrected chi connectivity index (χ1v) is 6.81. The number of rotatable bonds is 3. The zero-order chi connectivity index (χ0) is 13.4. The van der Waals surface area contributed by atoms with Crippen LogP contribution in [0.3, 0.4) is 0 Å². The highest BCUT2D eigenvalue weighted by Gasteiger charge is 2.39. The second-order valence-electron chi connectivity index (χ2n) is 5.72. The molecule has 1 aromatic rings. The van der Waals surface area contributed by atoms with Crippen molar-refractivity contribution in [1.82, 2.24) is 0 Å². The number of nitrogens with one attached hydrogen (secondary N) is 1. The molecule has 1 aromatic carbocycles. The summed E-state index contributed by atoms with van der Waals surface area (Å²) >= 11 is 0. The molecular formula is C15H16F2N2. The standard InChI is InChI=1S/C15H16F2N2/c16-14-11(7-18)3-4-13(15(14)17)19-8-12-6-9-1-2-10(12)5-9/h3-4,9-10,12,19H,1-2,5-6,8H2. The summed E-state index contributed by atoms with van der Waals surface area (Å²) in [6.07, 6.45) is 5.12. The van der Waals surface area contributed by atoms with Gasteiger partial charge in [-0.15, -0.1) is 0 Å². The van der Waals surface area contributed by atoms with Crippen LogP contribution in [0.2, 0.25) is 0 Å². The van der Waals surface area contributed by atoms with Gasteiger partial charge in [0.2, 0.25) is 0 Å². The SMILES string of the molecule is N#Cc1ccc(NCC2CC3CCC2C3)c(F)c1F. The van der Waals surface area contributed by atoms with Crippen molar-refractivity contribution < 1.29 is 8.78 Å². The molecule has 2 saturated carbocycles. The Morgan fingerprint density at radius 2 is 2.05 bits per heavy atom. The number of fused-ring (bicyclic) bond motifs is 2. The highest BCUT2D eigenvalue weighted by molar-refractivity contribution is 5.49. The Balaban J connectivity index is 1.68. The van der Waals surface area contributed by atoms with Crippen molar-refractivity contribution in [2.24, 2.45) is 17.8 Å². The Bertz CT molecular complexity index is 536. The average Bonchev–Trinajstić information content (AvgIpc) is 3.03. The van der Waals surface area contributed by atoms with Crippen LogP contribution in [0.5, 0.6) is 0 Å². The normalized spacial score (nSPS) is 28.4. The van der Waals surface area contributed by atoms with Crippen LogP contribution in [-0.2, 0) is 0 Å². The van der Waals surface area contributed by atoms with E-state index in [9.17, 15) is 8.78 Å². The zero-order valence-electron chi connectivity index (χ0n) is 10.6. The lowest BCUT2D eigenvalue weighted by molar-refractivity contribution is 0.348. The molecule has 19 heavy (non-hydrogen) atoms. The number of nitriles is 1. The maximum atomic E-state index is 13.7. The van der Waals surface area contributed by atoms with Gasteiger partial charge in [0, 0.05) is 6.54 Å². The topological polar surface area (TPSA) is 35.8 Å². The quantitative estimate of drug-likeness (QED) is 0.901. The molecule has 2 bridgehead atoms. The van der Waals surface area contributed by atoms with E-state index in [1.54, 1.807) is 6.07 Å². The van der Waals surface area contributed by atoms with Gasteiger partial charge in [0.05, 0.1) is 11.3 Å². The summed E-state index contributed by atoms with van der Waals surface area (Å²) in [4.78, 5) is 0. The second-order valence-corrected chi connectivity index (χ2v) is 5.72. The number of benzene rings is 1. The lowest BCUT2D eigenvalue weighted by Crippen LogP contribution is -2.20. The molecule has 100 valence electrons. The lowest BCUT2D eigenvalue weighted by Gasteiger charge is -2.22. The molecule has 0 spiro atoms. The van der Waals surface area contributed by atoms with E-state index in [1.165, 1.54) is 37.8 Å². The molecule has 4 heteroatoms. The van der Waals surface area contributed by atoms with Crippen molar-refractivity contribution in [1.29, 1.82) is 5.26 Å². The second kappa shape index (κ2) is 4.80. The fourth-order valence-electron chi connectivity index (χ4n) is 3.64. The van der Waals surface area contributed by atoms with Gasteiger partial charge in [0.1, 0.15) is 6.07 Å². The first-order chi connectivity index (χ1) is 9.19. The summed E-state index contributed by atoms with van der Waals surface area (Å²) in [5.41, 5.74) is -0.0813. The molecule has 2 fully saturated rings. The fourth-order valence-corrected chi connectivity index (χ4v) is 3.64. The van der Waals surface area contributed by atoms with E-state index in [1.807, 2.05) is 0 Å². The summed E-state index contributed by atoms with van der Waals surface area (Å²) in [5, 5.41) is 11.6. The largest absolute Gasteiger partial charge is 0.382 e. The monoisotopic (exact) mass is 262 g/mol. The summed E-state index contributed by atoms with van der Waals surface area (Å²) in [6.45, 7) is 0.698. The molecule has 0 radical (unpaired) electrons. The van der Waals surface area contributed by atoms with Crippen molar-refractivity contribution in [3.63, 3.8) is 0 Å². The number of anilines is 1. The molecule has 1 N–H and O–H groups in total. The number of nitrogens with zero attached hydrogens (tertiary/aromatic N) is 1. The van der Waals surface area contributed by atoms with Crippen LogP contribution in [-0.4, -0.2) is 6.54 Å². The minimum Gasteiger partial charge on any atom is -0.382 e. The first kappa shape index (κ1) is 12.4. The third kappa shape index (κ3) is 2.18. The van der Waals surface area contributed by atoms with Gasteiger partial charge in [-0.25, -0.2) is 8.78 Å². The van der Waals surface area contributed by atoms with E-state index >= 15 is 0 Å². The Labute approximate surface area is 111 Å². The maximum Gasteiger partial charge on any atom is 0.183 e. The maximum absolute atomic E-state index is 13.7. The summed E-state index contributed by atoms with van der Waals surface area (Å²) in [5.74, 6) is 0.183. The van der Waals surface area contributed by atoms with Gasteiger partial charge in [-0.3, -0.25) is 0 Å². The first-order valence-electron chi connectivity index (χ1n) is 6.81. The molecular weight excluding hydrogens is 246 g/mol. The van der Waals surface area contributed by atoms with Gasteiger partial charge in [-0.1, -0.05) is 6.42 Å². The number of hydrogen-bond donors (Lipinski definition) is 1. The van der Waals surface area contributed by atoms with E-state index in [2.05, 4.69) is 5.32 Å². The van der Waals surface area contributed by atoms with E-state index in [4.69, 9.17) is 5.26 Å². The molecule has 3 unspecified atom stereocenters. The fraction of sp³-hybridized carbons (Fsp3) is 0.533. The minimum absolute atomic E-state index is 0.166. The molecule has 3 atom stereocenters. The van der Waals surface area contributed by atoms with Crippen LogP contribution >= 0.6 is 0 Å². The van der Waals surface area contributed by atoms with Crippen molar-refractivity contribution in [3.8, 4) is 6.07 Å². The highest BCUT2D eigenvalue weighted by Crippen LogP contribution is 2.48. The van der Waals surface area contributed by atoms with Gasteiger partial charge in [0.15, 0.2) is 11.6 Å². The Kier molecular flexibility index (Phi) is 3.14. The van der Waals surface area contributed by atoms with Gasteiger partial charge in [0.25, 0.3) is 0 Å². The lowest BCUT2D eigenvalue weighted by atomic mass is 9.89. The molecule has 2 aliphatic rings. The summed E-state index contributed by atoms with van der Waals surface area (Å²) in [6, 6.07) is 4.41. The van der Waals surface area contributed by atoms with E-state index < -0.39 is 11.6 Å². The predicted molar refractivity (Wildman–Crippen MR) is 68.5 cm³/mol. The van der Waals surface area contributed by atoms with E-state index in [0.717, 1.165) is 11.8 Å². The Morgan fingerprint density at radius 1 is 1.21 bits per heavy atom. The van der Waals surface area contributed by atoms with Crippen LogP contribution in [0.1, 0.15) is 31.2 Å². The van der Waals surface area contributed by atoms with E-state index in [-0.39, 0.29) is 11.3 Å². The molecule has 0 heterocycles. The summed E-state index contributed by atoms with van der Waals surface area (Å²) in [7, 11) is 0. The zero-order valence-corrected chi connectivity index (χ0v) is 10.6. The van der Waals surface area contributed by atoms with Crippen LogP contribution < -0.4 is 5.32 Å². The predicted octanol–water partition coefficient (Wildman–Crippen LogP) is 3.68. The average molecular weight is 262 g/mol. The molecule has 2 aliphatic carbocycles. The van der Waals surface area contributed by atoms with Gasteiger partial charge in [-0.2, -0.15) is 5.26 Å². The third-order valence-electron chi connectivity index (χ3n) is 4.64. The van der Waals surface area contributed by atoms with Crippen molar-refractivity contribution in [3.05, 3.63) is 29.3 Å². The van der Waals surface area contributed by atoms with Crippen LogP contribution in [0.15, 0.2) is 12.1 Å². The van der Waals surface area contributed by atoms with Crippen LogP contribution in [0, 0.1) is 40.7 Å². The Morgan fingerprint density at radius 3 is 2.68 bits per heavy atom. The van der Waals surface area contributed by atoms with Crippen LogP contribution in [0.25, 0.3) is 0 Å². The molecule has 3 rings (SSSR count). The smallest absolute Gasteiger partial charge is 0.183 e. The van der Waals surface area contributed by atoms with Gasteiger partial charge >= 0.3 is 0 Å². The Hall–Kier alpha value is -1.63. The third-order valence-corrected chi connectivity index (χ3v) is 4.64. The highest BCUT2D eigenvalue weighted by atomic mass is 19.2. The molecule has 0 saturated heterocycles. The van der Waals surface area contributed by atoms with E-state index in [0.29, 0.717) is 12.5 Å². The number of hydrogen-bond acceptors (Lipinski definition) is 2.